The first-order valence-corrected chi connectivity index (χ1v) is 11.3. The standard InChI is InChI=1S/C25H28N6O/c1-19-7-13-28-24(29-19)30-15-9-25(10-16-30)8-3-14-31(23(25)32)18-20-5-2-6-21(17-20)22-26-11-4-12-27-22/h2,4-7,11-13,17H,3,8-10,14-16,18H2,1H3. The van der Waals surface area contributed by atoms with Crippen molar-refractivity contribution >= 4 is 11.9 Å². The van der Waals surface area contributed by atoms with Crippen LogP contribution in [-0.4, -0.2) is 50.4 Å². The van der Waals surface area contributed by atoms with Crippen LogP contribution in [0.15, 0.2) is 55.0 Å². The predicted molar refractivity (Wildman–Crippen MR) is 123 cm³/mol. The van der Waals surface area contributed by atoms with E-state index in [9.17, 15) is 4.79 Å². The van der Waals surface area contributed by atoms with Gasteiger partial charge in [0.2, 0.25) is 11.9 Å². The van der Waals surface area contributed by atoms with Gasteiger partial charge in [-0.1, -0.05) is 18.2 Å². The number of nitrogens with zero attached hydrogens (tertiary/aromatic N) is 6. The third-order valence-corrected chi connectivity index (χ3v) is 6.73. The fraction of sp³-hybridized carbons (Fsp3) is 0.400. The SMILES string of the molecule is Cc1ccnc(N2CCC3(CCCN(Cc4cccc(-c5ncccn5)c4)C3=O)CC2)n1. The van der Waals surface area contributed by atoms with Crippen molar-refractivity contribution in [3.8, 4) is 11.4 Å². The van der Waals surface area contributed by atoms with Crippen LogP contribution in [0.3, 0.4) is 0 Å². The summed E-state index contributed by atoms with van der Waals surface area (Å²) in [7, 11) is 0. The number of hydrogen-bond donors (Lipinski definition) is 0. The number of hydrogen-bond acceptors (Lipinski definition) is 6. The van der Waals surface area contributed by atoms with Crippen molar-refractivity contribution in [2.45, 2.75) is 39.2 Å². The van der Waals surface area contributed by atoms with Gasteiger partial charge < -0.3 is 9.80 Å². The van der Waals surface area contributed by atoms with Gasteiger partial charge in [-0.05, 0) is 56.4 Å². The molecule has 2 saturated heterocycles. The second kappa shape index (κ2) is 8.65. The van der Waals surface area contributed by atoms with Gasteiger partial charge in [0.1, 0.15) is 0 Å². The molecule has 0 atom stereocenters. The van der Waals surface area contributed by atoms with E-state index >= 15 is 0 Å². The highest BCUT2D eigenvalue weighted by Crippen LogP contribution is 2.42. The Bertz CT molecular complexity index is 1090. The molecule has 3 aromatic rings. The van der Waals surface area contributed by atoms with Crippen molar-refractivity contribution in [2.75, 3.05) is 24.5 Å². The Labute approximate surface area is 188 Å². The maximum absolute atomic E-state index is 13.6. The molecule has 0 N–H and O–H groups in total. The molecule has 2 aromatic heterocycles. The largest absolute Gasteiger partial charge is 0.341 e. The maximum atomic E-state index is 13.6. The predicted octanol–water partition coefficient (Wildman–Crippen LogP) is 3.65. The Morgan fingerprint density at radius 2 is 1.75 bits per heavy atom. The van der Waals surface area contributed by atoms with Crippen molar-refractivity contribution in [3.63, 3.8) is 0 Å². The van der Waals surface area contributed by atoms with Gasteiger partial charge in [0.05, 0.1) is 5.41 Å². The van der Waals surface area contributed by atoms with Crippen molar-refractivity contribution in [3.05, 3.63) is 66.2 Å². The summed E-state index contributed by atoms with van der Waals surface area (Å²) in [6, 6.07) is 11.9. The number of carbonyl (C=O) groups excluding carboxylic acids is 1. The zero-order valence-corrected chi connectivity index (χ0v) is 18.4. The minimum atomic E-state index is -0.251. The summed E-state index contributed by atoms with van der Waals surface area (Å²) < 4.78 is 0. The van der Waals surface area contributed by atoms with E-state index < -0.39 is 0 Å². The van der Waals surface area contributed by atoms with Crippen LogP contribution in [0.2, 0.25) is 0 Å². The molecule has 1 spiro atoms. The van der Waals surface area contributed by atoms with Gasteiger partial charge in [-0.3, -0.25) is 4.79 Å². The molecule has 2 aliphatic rings. The van der Waals surface area contributed by atoms with Crippen molar-refractivity contribution in [1.82, 2.24) is 24.8 Å². The van der Waals surface area contributed by atoms with Gasteiger partial charge >= 0.3 is 0 Å². The van der Waals surface area contributed by atoms with E-state index in [1.807, 2.05) is 42.3 Å². The molecule has 0 saturated carbocycles. The van der Waals surface area contributed by atoms with Crippen LogP contribution < -0.4 is 4.90 Å². The Kier molecular flexibility index (Phi) is 5.55. The Morgan fingerprint density at radius 1 is 0.938 bits per heavy atom. The lowest BCUT2D eigenvalue weighted by molar-refractivity contribution is -0.148. The topological polar surface area (TPSA) is 75.1 Å². The first-order chi connectivity index (χ1) is 15.6. The molecule has 32 heavy (non-hydrogen) atoms. The zero-order valence-electron chi connectivity index (χ0n) is 18.4. The second-order valence-electron chi connectivity index (χ2n) is 8.87. The van der Waals surface area contributed by atoms with E-state index in [1.165, 1.54) is 0 Å². The van der Waals surface area contributed by atoms with Gasteiger partial charge in [0.25, 0.3) is 0 Å². The summed E-state index contributed by atoms with van der Waals surface area (Å²) in [4.78, 5) is 35.6. The fourth-order valence-electron chi connectivity index (χ4n) is 4.97. The molecule has 0 bridgehead atoms. The number of benzene rings is 1. The average Bonchev–Trinajstić information content (AvgIpc) is 2.83. The smallest absolute Gasteiger partial charge is 0.229 e. The lowest BCUT2D eigenvalue weighted by atomic mass is 9.71. The molecule has 164 valence electrons. The van der Waals surface area contributed by atoms with Crippen LogP contribution in [-0.2, 0) is 11.3 Å². The summed E-state index contributed by atoms with van der Waals surface area (Å²) in [6.07, 6.45) is 9.05. The lowest BCUT2D eigenvalue weighted by Gasteiger charge is -2.46. The van der Waals surface area contributed by atoms with Crippen molar-refractivity contribution in [1.29, 1.82) is 0 Å². The Balaban J connectivity index is 1.28. The number of amides is 1. The normalized spacial score (nSPS) is 18.2. The van der Waals surface area contributed by atoms with Crippen LogP contribution in [0.4, 0.5) is 5.95 Å². The molecule has 0 radical (unpaired) electrons. The number of rotatable bonds is 4. The highest BCUT2D eigenvalue weighted by Gasteiger charge is 2.45. The van der Waals surface area contributed by atoms with Crippen LogP contribution in [0.1, 0.15) is 36.9 Å². The van der Waals surface area contributed by atoms with E-state index in [0.717, 1.165) is 68.1 Å². The highest BCUT2D eigenvalue weighted by atomic mass is 16.2. The summed E-state index contributed by atoms with van der Waals surface area (Å²) in [5.41, 5.74) is 2.82. The van der Waals surface area contributed by atoms with E-state index in [0.29, 0.717) is 18.3 Å². The van der Waals surface area contributed by atoms with Gasteiger partial charge in [-0.2, -0.15) is 0 Å². The molecule has 0 unspecified atom stereocenters. The quantitative estimate of drug-likeness (QED) is 0.631. The highest BCUT2D eigenvalue weighted by molar-refractivity contribution is 5.84. The maximum Gasteiger partial charge on any atom is 0.229 e. The summed E-state index contributed by atoms with van der Waals surface area (Å²) in [5, 5.41) is 0. The Morgan fingerprint density at radius 3 is 2.53 bits per heavy atom. The average molecular weight is 429 g/mol. The minimum Gasteiger partial charge on any atom is -0.341 e. The van der Waals surface area contributed by atoms with Crippen LogP contribution >= 0.6 is 0 Å². The molecule has 1 amide bonds. The number of carbonyl (C=O) groups is 1. The number of aromatic nitrogens is 4. The van der Waals surface area contributed by atoms with Crippen molar-refractivity contribution in [2.24, 2.45) is 5.41 Å². The summed E-state index contributed by atoms with van der Waals surface area (Å²) in [5.74, 6) is 1.79. The minimum absolute atomic E-state index is 0.251. The van der Waals surface area contributed by atoms with Crippen LogP contribution in [0.5, 0.6) is 0 Å². The van der Waals surface area contributed by atoms with E-state index in [-0.39, 0.29) is 5.41 Å². The van der Waals surface area contributed by atoms with Gasteiger partial charge in [-0.15, -0.1) is 0 Å². The van der Waals surface area contributed by atoms with E-state index in [1.54, 1.807) is 12.4 Å². The Hall–Kier alpha value is -3.35. The van der Waals surface area contributed by atoms with Gasteiger partial charge in [0, 0.05) is 56.0 Å². The molecule has 0 aliphatic carbocycles. The molecule has 7 nitrogen and oxygen atoms in total. The van der Waals surface area contributed by atoms with E-state index in [2.05, 4.69) is 37.0 Å². The third-order valence-electron chi connectivity index (χ3n) is 6.73. The van der Waals surface area contributed by atoms with Gasteiger partial charge in [0.15, 0.2) is 5.82 Å². The van der Waals surface area contributed by atoms with E-state index in [4.69, 9.17) is 0 Å². The number of likely N-dealkylation sites (tertiary alicyclic amines) is 1. The number of piperidine rings is 2. The molecule has 1 aromatic carbocycles. The first kappa shape index (κ1) is 20.5. The summed E-state index contributed by atoms with van der Waals surface area (Å²) in [6.45, 7) is 5.08. The van der Waals surface area contributed by atoms with Crippen LogP contribution in [0, 0.1) is 12.3 Å². The molecule has 2 fully saturated rings. The van der Waals surface area contributed by atoms with Gasteiger partial charge in [-0.25, -0.2) is 19.9 Å². The lowest BCUT2D eigenvalue weighted by Crippen LogP contribution is -2.53. The second-order valence-corrected chi connectivity index (χ2v) is 8.87. The molecule has 2 aliphatic heterocycles. The summed E-state index contributed by atoms with van der Waals surface area (Å²) >= 11 is 0. The molecular formula is C25H28N6O. The third kappa shape index (κ3) is 4.07. The van der Waals surface area contributed by atoms with Crippen LogP contribution in [0.25, 0.3) is 11.4 Å². The number of aryl methyl sites for hydroxylation is 1. The fourth-order valence-corrected chi connectivity index (χ4v) is 4.97. The van der Waals surface area contributed by atoms with Crippen molar-refractivity contribution < 1.29 is 4.79 Å². The molecule has 4 heterocycles. The monoisotopic (exact) mass is 428 g/mol. The zero-order chi connectivity index (χ0) is 22.0. The molecule has 5 rings (SSSR count). The molecule has 7 heteroatoms. The number of anilines is 1. The molecular weight excluding hydrogens is 400 g/mol. The first-order valence-electron chi connectivity index (χ1n) is 11.3.